The summed E-state index contributed by atoms with van der Waals surface area (Å²) >= 11 is 0. The van der Waals surface area contributed by atoms with Crippen LogP contribution in [0.5, 0.6) is 0 Å². The number of ether oxygens (including phenoxy) is 3. The molecule has 30 heavy (non-hydrogen) atoms. The summed E-state index contributed by atoms with van der Waals surface area (Å²) in [5, 5.41) is 0. The highest BCUT2D eigenvalue weighted by atomic mass is 16.6. The molecule has 172 valence electrons. The van der Waals surface area contributed by atoms with Crippen LogP contribution in [0.25, 0.3) is 0 Å². The SMILES string of the molecule is COC(=O)C(=O)O[C@]1(C)CC[C@H]2C(C)(C)CCC[C@]2(C)[C@H]1CCOC(=O)C(C)(C)C. The Morgan fingerprint density at radius 2 is 1.60 bits per heavy atom. The fourth-order valence-corrected chi connectivity index (χ4v) is 6.19. The van der Waals surface area contributed by atoms with Gasteiger partial charge in [0.15, 0.2) is 0 Å². The average Bonchev–Trinajstić information content (AvgIpc) is 2.61. The zero-order valence-corrected chi connectivity index (χ0v) is 20.1. The largest absolute Gasteiger partial charge is 0.465 e. The Balaban J connectivity index is 2.31. The molecule has 2 rings (SSSR count). The monoisotopic (exact) mass is 424 g/mol. The molecular formula is C24H40O6. The van der Waals surface area contributed by atoms with Gasteiger partial charge in [0.25, 0.3) is 0 Å². The van der Waals surface area contributed by atoms with E-state index >= 15 is 0 Å². The lowest BCUT2D eigenvalue weighted by atomic mass is 9.45. The first-order chi connectivity index (χ1) is 13.7. The molecule has 0 aromatic rings. The number of esters is 3. The van der Waals surface area contributed by atoms with Crippen LogP contribution in [0, 0.1) is 28.1 Å². The molecule has 0 spiro atoms. The summed E-state index contributed by atoms with van der Waals surface area (Å²) in [6.45, 7) is 14.6. The molecule has 0 saturated heterocycles. The number of rotatable bonds is 4. The Bertz CT molecular complexity index is 676. The Morgan fingerprint density at radius 3 is 2.17 bits per heavy atom. The molecule has 0 bridgehead atoms. The van der Waals surface area contributed by atoms with Crippen LogP contribution in [-0.4, -0.2) is 37.2 Å². The number of hydrogen-bond acceptors (Lipinski definition) is 6. The van der Waals surface area contributed by atoms with Crippen LogP contribution in [0.4, 0.5) is 0 Å². The predicted octanol–water partition coefficient (Wildman–Crippen LogP) is 4.68. The molecule has 4 atom stereocenters. The maximum Gasteiger partial charge on any atom is 0.418 e. The molecule has 0 amide bonds. The molecule has 0 N–H and O–H groups in total. The lowest BCUT2D eigenvalue weighted by Crippen LogP contribution is -2.59. The second-order valence-corrected chi connectivity index (χ2v) is 11.4. The van der Waals surface area contributed by atoms with Gasteiger partial charge in [-0.25, -0.2) is 9.59 Å². The number of carbonyl (C=O) groups excluding carboxylic acids is 3. The van der Waals surface area contributed by atoms with E-state index in [1.54, 1.807) is 0 Å². The van der Waals surface area contributed by atoms with E-state index in [1.165, 1.54) is 13.5 Å². The van der Waals surface area contributed by atoms with Crippen LogP contribution in [-0.2, 0) is 28.6 Å². The second kappa shape index (κ2) is 8.51. The summed E-state index contributed by atoms with van der Waals surface area (Å²) in [4.78, 5) is 36.3. The molecule has 2 saturated carbocycles. The van der Waals surface area contributed by atoms with Crippen molar-refractivity contribution in [2.75, 3.05) is 13.7 Å². The molecule has 0 heterocycles. The van der Waals surface area contributed by atoms with Gasteiger partial charge < -0.3 is 14.2 Å². The van der Waals surface area contributed by atoms with Crippen LogP contribution >= 0.6 is 0 Å². The third-order valence-corrected chi connectivity index (χ3v) is 7.67. The minimum absolute atomic E-state index is 0.0234. The van der Waals surface area contributed by atoms with Gasteiger partial charge in [0.2, 0.25) is 0 Å². The number of methoxy groups -OCH3 is 1. The minimum atomic E-state index is -0.981. The van der Waals surface area contributed by atoms with E-state index in [0.29, 0.717) is 18.8 Å². The zero-order chi connectivity index (χ0) is 23.0. The molecule has 0 aromatic heterocycles. The van der Waals surface area contributed by atoms with Crippen molar-refractivity contribution >= 4 is 17.9 Å². The minimum Gasteiger partial charge on any atom is -0.465 e. The highest BCUT2D eigenvalue weighted by Crippen LogP contribution is 2.63. The maximum absolute atomic E-state index is 12.3. The van der Waals surface area contributed by atoms with Gasteiger partial charge in [0.05, 0.1) is 19.1 Å². The summed E-state index contributed by atoms with van der Waals surface area (Å²) in [6, 6.07) is 0. The Labute approximate surface area is 181 Å². The lowest BCUT2D eigenvalue weighted by Gasteiger charge is -2.61. The lowest BCUT2D eigenvalue weighted by molar-refractivity contribution is -0.208. The summed E-state index contributed by atoms with van der Waals surface area (Å²) in [5.74, 6) is -1.71. The van der Waals surface area contributed by atoms with Crippen LogP contribution in [0.15, 0.2) is 0 Å². The van der Waals surface area contributed by atoms with Gasteiger partial charge in [-0.05, 0) is 76.5 Å². The molecule has 6 nitrogen and oxygen atoms in total. The van der Waals surface area contributed by atoms with Gasteiger partial charge >= 0.3 is 17.9 Å². The van der Waals surface area contributed by atoms with Gasteiger partial charge in [-0.15, -0.1) is 0 Å². The second-order valence-electron chi connectivity index (χ2n) is 11.4. The van der Waals surface area contributed by atoms with Crippen LogP contribution in [0.1, 0.15) is 87.0 Å². The van der Waals surface area contributed by atoms with Gasteiger partial charge in [0.1, 0.15) is 5.60 Å². The van der Waals surface area contributed by atoms with Gasteiger partial charge in [-0.2, -0.15) is 0 Å². The van der Waals surface area contributed by atoms with Crippen molar-refractivity contribution in [1.29, 1.82) is 0 Å². The Hall–Kier alpha value is -1.59. The highest BCUT2D eigenvalue weighted by molar-refractivity contribution is 6.29. The predicted molar refractivity (Wildman–Crippen MR) is 113 cm³/mol. The molecule has 2 fully saturated rings. The van der Waals surface area contributed by atoms with Crippen molar-refractivity contribution in [2.45, 2.75) is 92.6 Å². The molecule has 2 aliphatic carbocycles. The number of hydrogen-bond donors (Lipinski definition) is 0. The first kappa shape index (κ1) is 24.7. The van der Waals surface area contributed by atoms with E-state index in [-0.39, 0.29) is 29.3 Å². The number of fused-ring (bicyclic) bond motifs is 1. The van der Waals surface area contributed by atoms with Crippen molar-refractivity contribution in [3.63, 3.8) is 0 Å². The van der Waals surface area contributed by atoms with Crippen molar-refractivity contribution in [3.8, 4) is 0 Å². The van der Waals surface area contributed by atoms with Crippen LogP contribution in [0.2, 0.25) is 0 Å². The van der Waals surface area contributed by atoms with E-state index < -0.39 is 23.0 Å². The Morgan fingerprint density at radius 1 is 0.967 bits per heavy atom. The standard InChI is InChI=1S/C24H40O6/c1-21(2,3)20(27)29-15-11-17-23(6)13-9-12-22(4,5)16(23)10-14-24(17,7)30-19(26)18(25)28-8/h16-17H,9-15H2,1-8H3/t16-,17+,23-,24+/m0/s1. The van der Waals surface area contributed by atoms with E-state index in [2.05, 4.69) is 25.5 Å². The third-order valence-electron chi connectivity index (χ3n) is 7.67. The fourth-order valence-electron chi connectivity index (χ4n) is 6.19. The van der Waals surface area contributed by atoms with E-state index in [4.69, 9.17) is 9.47 Å². The van der Waals surface area contributed by atoms with Gasteiger partial charge in [0, 0.05) is 5.92 Å². The zero-order valence-electron chi connectivity index (χ0n) is 20.1. The summed E-state index contributed by atoms with van der Waals surface area (Å²) in [5.41, 5.74) is -1.25. The van der Waals surface area contributed by atoms with Crippen molar-refractivity contribution in [2.24, 2.45) is 28.1 Å². The summed E-state index contributed by atoms with van der Waals surface area (Å²) in [6.07, 6.45) is 5.53. The van der Waals surface area contributed by atoms with Crippen molar-refractivity contribution < 1.29 is 28.6 Å². The summed E-state index contributed by atoms with van der Waals surface area (Å²) < 4.78 is 15.9. The molecule has 6 heteroatoms. The molecule has 0 radical (unpaired) electrons. The molecule has 0 aliphatic heterocycles. The molecular weight excluding hydrogens is 384 g/mol. The van der Waals surface area contributed by atoms with Gasteiger partial charge in [-0.3, -0.25) is 4.79 Å². The quantitative estimate of drug-likeness (QED) is 0.370. The fraction of sp³-hybridized carbons (Fsp3) is 0.875. The Kier molecular flexibility index (Phi) is 7.00. The summed E-state index contributed by atoms with van der Waals surface area (Å²) in [7, 11) is 1.18. The van der Waals surface area contributed by atoms with Crippen LogP contribution in [0.3, 0.4) is 0 Å². The smallest absolute Gasteiger partial charge is 0.418 e. The van der Waals surface area contributed by atoms with E-state index in [9.17, 15) is 14.4 Å². The van der Waals surface area contributed by atoms with Crippen LogP contribution < -0.4 is 0 Å². The van der Waals surface area contributed by atoms with E-state index in [1.807, 2.05) is 27.7 Å². The third kappa shape index (κ3) is 4.83. The first-order valence-electron chi connectivity index (χ1n) is 11.2. The highest BCUT2D eigenvalue weighted by Gasteiger charge is 2.59. The van der Waals surface area contributed by atoms with E-state index in [0.717, 1.165) is 19.3 Å². The van der Waals surface area contributed by atoms with Crippen molar-refractivity contribution in [3.05, 3.63) is 0 Å². The molecule has 0 aromatic carbocycles. The number of carbonyl (C=O) groups is 3. The molecule has 2 aliphatic rings. The normalized spacial score (nSPS) is 33.2. The average molecular weight is 425 g/mol. The van der Waals surface area contributed by atoms with Crippen molar-refractivity contribution in [1.82, 2.24) is 0 Å². The maximum atomic E-state index is 12.3. The first-order valence-corrected chi connectivity index (χ1v) is 11.2. The topological polar surface area (TPSA) is 78.9 Å². The molecule has 0 unspecified atom stereocenters. The van der Waals surface area contributed by atoms with Gasteiger partial charge in [-0.1, -0.05) is 27.2 Å².